The summed E-state index contributed by atoms with van der Waals surface area (Å²) in [5.74, 6) is 0.810. The molecule has 1 aliphatic rings. The molecule has 0 saturated heterocycles. The SMILES string of the molecule is Cc1ccc(O)c2c1C(C)CC2NC(C)(C)CO. The summed E-state index contributed by atoms with van der Waals surface area (Å²) in [5, 5.41) is 22.9. The van der Waals surface area contributed by atoms with Gasteiger partial charge in [-0.25, -0.2) is 0 Å². The highest BCUT2D eigenvalue weighted by molar-refractivity contribution is 5.51. The molecular formula is C15H23NO2. The monoisotopic (exact) mass is 249 g/mol. The number of aliphatic hydroxyl groups is 1. The zero-order valence-electron chi connectivity index (χ0n) is 11.6. The highest BCUT2D eigenvalue weighted by Gasteiger charge is 2.34. The van der Waals surface area contributed by atoms with Crippen molar-refractivity contribution in [2.45, 2.75) is 51.6 Å². The summed E-state index contributed by atoms with van der Waals surface area (Å²) in [6.07, 6.45) is 0.969. The van der Waals surface area contributed by atoms with Gasteiger partial charge in [-0.3, -0.25) is 0 Å². The topological polar surface area (TPSA) is 52.5 Å². The number of phenolic OH excluding ortho intramolecular Hbond substituents is 1. The lowest BCUT2D eigenvalue weighted by Crippen LogP contribution is -2.44. The van der Waals surface area contributed by atoms with Crippen LogP contribution in [-0.4, -0.2) is 22.4 Å². The molecule has 0 fully saturated rings. The fourth-order valence-electron chi connectivity index (χ4n) is 2.99. The second-order valence-electron chi connectivity index (χ2n) is 6.10. The van der Waals surface area contributed by atoms with Crippen LogP contribution in [0.2, 0.25) is 0 Å². The summed E-state index contributed by atoms with van der Waals surface area (Å²) < 4.78 is 0. The van der Waals surface area contributed by atoms with Crippen LogP contribution < -0.4 is 5.32 Å². The first-order valence-corrected chi connectivity index (χ1v) is 6.56. The molecule has 0 heterocycles. The van der Waals surface area contributed by atoms with Crippen LogP contribution in [0.15, 0.2) is 12.1 Å². The van der Waals surface area contributed by atoms with Gasteiger partial charge in [0.1, 0.15) is 5.75 Å². The molecule has 0 radical (unpaired) electrons. The number of fused-ring (bicyclic) bond motifs is 1. The molecule has 2 unspecified atom stereocenters. The van der Waals surface area contributed by atoms with Crippen molar-refractivity contribution in [3.63, 3.8) is 0 Å². The summed E-state index contributed by atoms with van der Waals surface area (Å²) in [7, 11) is 0. The van der Waals surface area contributed by atoms with Gasteiger partial charge in [-0.05, 0) is 50.3 Å². The molecule has 2 rings (SSSR count). The van der Waals surface area contributed by atoms with Crippen molar-refractivity contribution < 1.29 is 10.2 Å². The zero-order chi connectivity index (χ0) is 13.5. The van der Waals surface area contributed by atoms with Gasteiger partial charge in [0, 0.05) is 17.1 Å². The van der Waals surface area contributed by atoms with Gasteiger partial charge in [-0.2, -0.15) is 0 Å². The molecule has 0 aromatic heterocycles. The molecule has 18 heavy (non-hydrogen) atoms. The number of aryl methyl sites for hydroxylation is 1. The molecule has 0 spiro atoms. The van der Waals surface area contributed by atoms with Gasteiger partial charge in [0.2, 0.25) is 0 Å². The fourth-order valence-corrected chi connectivity index (χ4v) is 2.99. The first-order valence-electron chi connectivity index (χ1n) is 6.56. The molecule has 1 aromatic carbocycles. The van der Waals surface area contributed by atoms with Crippen molar-refractivity contribution in [1.29, 1.82) is 0 Å². The molecule has 0 bridgehead atoms. The first-order chi connectivity index (χ1) is 8.35. The molecule has 1 aliphatic carbocycles. The van der Waals surface area contributed by atoms with E-state index < -0.39 is 0 Å². The van der Waals surface area contributed by atoms with Crippen molar-refractivity contribution in [3.8, 4) is 5.75 Å². The van der Waals surface area contributed by atoms with Gasteiger partial charge in [0.05, 0.1) is 6.61 Å². The average molecular weight is 249 g/mol. The summed E-state index contributed by atoms with van der Waals surface area (Å²) >= 11 is 0. The Kier molecular flexibility index (Phi) is 3.39. The van der Waals surface area contributed by atoms with Gasteiger partial charge >= 0.3 is 0 Å². The predicted molar refractivity (Wildman–Crippen MR) is 72.9 cm³/mol. The van der Waals surface area contributed by atoms with Gasteiger partial charge in [-0.1, -0.05) is 13.0 Å². The lowest BCUT2D eigenvalue weighted by molar-refractivity contribution is 0.173. The fraction of sp³-hybridized carbons (Fsp3) is 0.600. The van der Waals surface area contributed by atoms with Crippen molar-refractivity contribution in [2.24, 2.45) is 0 Å². The van der Waals surface area contributed by atoms with E-state index in [0.717, 1.165) is 12.0 Å². The van der Waals surface area contributed by atoms with Crippen LogP contribution in [0.3, 0.4) is 0 Å². The number of hydrogen-bond donors (Lipinski definition) is 3. The Morgan fingerprint density at radius 1 is 1.33 bits per heavy atom. The van der Waals surface area contributed by atoms with Gasteiger partial charge in [0.25, 0.3) is 0 Å². The number of aliphatic hydroxyl groups excluding tert-OH is 1. The third-order valence-electron chi connectivity index (χ3n) is 3.87. The van der Waals surface area contributed by atoms with Crippen LogP contribution in [0, 0.1) is 6.92 Å². The zero-order valence-corrected chi connectivity index (χ0v) is 11.6. The van der Waals surface area contributed by atoms with Crippen LogP contribution in [0.5, 0.6) is 5.75 Å². The number of nitrogens with one attached hydrogen (secondary N) is 1. The maximum absolute atomic E-state index is 10.1. The summed E-state index contributed by atoms with van der Waals surface area (Å²) in [4.78, 5) is 0. The predicted octanol–water partition coefficient (Wildman–Crippen LogP) is 2.61. The summed E-state index contributed by atoms with van der Waals surface area (Å²) in [5.41, 5.74) is 3.19. The molecule has 2 atom stereocenters. The number of benzene rings is 1. The first kappa shape index (κ1) is 13.4. The lowest BCUT2D eigenvalue weighted by atomic mass is 9.97. The Labute approximate surface area is 109 Å². The van der Waals surface area contributed by atoms with Gasteiger partial charge in [-0.15, -0.1) is 0 Å². The standard InChI is InChI=1S/C15H23NO2/c1-9-5-6-12(18)14-11(7-10(2)13(9)14)16-15(3,4)8-17/h5-6,10-11,16-18H,7-8H2,1-4H3. The smallest absolute Gasteiger partial charge is 0.120 e. The van der Waals surface area contributed by atoms with Crippen LogP contribution in [0.4, 0.5) is 0 Å². The van der Waals surface area contributed by atoms with Gasteiger partial charge in [0.15, 0.2) is 0 Å². The second-order valence-corrected chi connectivity index (χ2v) is 6.10. The second kappa shape index (κ2) is 4.56. The largest absolute Gasteiger partial charge is 0.508 e. The Hall–Kier alpha value is -1.06. The Morgan fingerprint density at radius 3 is 2.61 bits per heavy atom. The Bertz CT molecular complexity index is 454. The summed E-state index contributed by atoms with van der Waals surface area (Å²) in [6.45, 7) is 8.32. The minimum atomic E-state index is -0.331. The number of hydrogen-bond acceptors (Lipinski definition) is 3. The normalized spacial score (nSPS) is 23.2. The molecule has 3 heteroatoms. The van der Waals surface area contributed by atoms with Crippen LogP contribution in [0.25, 0.3) is 0 Å². The highest BCUT2D eigenvalue weighted by Crippen LogP contribution is 2.46. The molecule has 3 nitrogen and oxygen atoms in total. The average Bonchev–Trinajstić information content (AvgIpc) is 2.61. The van der Waals surface area contributed by atoms with Crippen LogP contribution >= 0.6 is 0 Å². The minimum Gasteiger partial charge on any atom is -0.508 e. The van der Waals surface area contributed by atoms with E-state index in [9.17, 15) is 10.2 Å². The van der Waals surface area contributed by atoms with E-state index in [1.807, 2.05) is 19.9 Å². The van der Waals surface area contributed by atoms with Crippen molar-refractivity contribution >= 4 is 0 Å². The van der Waals surface area contributed by atoms with Crippen molar-refractivity contribution in [1.82, 2.24) is 5.32 Å². The highest BCUT2D eigenvalue weighted by atomic mass is 16.3. The van der Waals surface area contributed by atoms with Crippen molar-refractivity contribution in [2.75, 3.05) is 6.61 Å². The van der Waals surface area contributed by atoms with Crippen LogP contribution in [0.1, 0.15) is 55.8 Å². The lowest BCUT2D eigenvalue weighted by Gasteiger charge is -2.29. The van der Waals surface area contributed by atoms with E-state index in [2.05, 4.69) is 19.2 Å². The Balaban J connectivity index is 2.38. The van der Waals surface area contributed by atoms with E-state index in [4.69, 9.17) is 0 Å². The molecule has 100 valence electrons. The molecular weight excluding hydrogens is 226 g/mol. The molecule has 0 amide bonds. The number of aromatic hydroxyl groups is 1. The molecule has 1 aromatic rings. The summed E-state index contributed by atoms with van der Waals surface area (Å²) in [6, 6.07) is 3.87. The van der Waals surface area contributed by atoms with E-state index in [0.29, 0.717) is 11.7 Å². The van der Waals surface area contributed by atoms with E-state index >= 15 is 0 Å². The Morgan fingerprint density at radius 2 is 2.00 bits per heavy atom. The molecule has 0 aliphatic heterocycles. The van der Waals surface area contributed by atoms with E-state index in [-0.39, 0.29) is 18.2 Å². The van der Waals surface area contributed by atoms with E-state index in [1.54, 1.807) is 6.07 Å². The third-order valence-corrected chi connectivity index (χ3v) is 3.87. The molecule has 0 saturated carbocycles. The van der Waals surface area contributed by atoms with Crippen LogP contribution in [-0.2, 0) is 0 Å². The van der Waals surface area contributed by atoms with Gasteiger partial charge < -0.3 is 15.5 Å². The van der Waals surface area contributed by atoms with E-state index in [1.165, 1.54) is 11.1 Å². The minimum absolute atomic E-state index is 0.0831. The maximum atomic E-state index is 10.1. The van der Waals surface area contributed by atoms with Crippen molar-refractivity contribution in [3.05, 3.63) is 28.8 Å². The number of phenols is 1. The quantitative estimate of drug-likeness (QED) is 0.772. The number of rotatable bonds is 3. The maximum Gasteiger partial charge on any atom is 0.120 e. The molecule has 3 N–H and O–H groups in total. The third kappa shape index (κ3) is 2.25.